The van der Waals surface area contributed by atoms with Gasteiger partial charge in [0.15, 0.2) is 0 Å². The van der Waals surface area contributed by atoms with Gasteiger partial charge in [-0.3, -0.25) is 48.7 Å². The molecule has 0 atom stereocenters. The number of hydrogen-bond donors (Lipinski definition) is 1. The molecule has 2 aliphatic heterocycles. The van der Waals surface area contributed by atoms with Crippen molar-refractivity contribution in [1.82, 2.24) is 29.6 Å². The Bertz CT molecular complexity index is 1950. The maximum absolute atomic E-state index is 12.5. The fourth-order valence-corrected chi connectivity index (χ4v) is 8.08. The summed E-state index contributed by atoms with van der Waals surface area (Å²) in [4.78, 5) is 90.0. The van der Waals surface area contributed by atoms with E-state index in [1.807, 2.05) is 89.2 Å². The minimum Gasteiger partial charge on any atom is -0.870 e. The summed E-state index contributed by atoms with van der Waals surface area (Å²) in [5.41, 5.74) is 0.138. The molecule has 20 heteroatoms. The van der Waals surface area contributed by atoms with Gasteiger partial charge in [0.1, 0.15) is 22.4 Å². The van der Waals surface area contributed by atoms with Gasteiger partial charge in [-0.05, 0) is 184 Å². The molecule has 0 radical (unpaired) electrons. The molecule has 4 heterocycles. The standard InChI is InChI=1S/C27H43N3O6.C26H41N3O6.Na.H2O/c1-26(2,3)35-23(31)18-29-12-10-20(16-22-9-8-21(17-28-22)25(33)34-7)11-13-30(15-14-29)19-24(32)36-27(4,5)6;1-25(2,3)34-22(30)17-28-11-9-19(15-21-8-7-20(16-27-21)24(32)33)10-12-29(14-13-28)18-23(31)35-26(4,5)6;;/h8-9,17,20H,10-16,18-19H2,1-7H3;7-8,16,19H,9-15,17-18H2,1-6H3,(H,32,33);;1H2/q;;+1;/p-1. The minimum atomic E-state index is -0.998. The van der Waals surface area contributed by atoms with Crippen LogP contribution in [-0.4, -0.2) is 184 Å². The maximum atomic E-state index is 12.5. The summed E-state index contributed by atoms with van der Waals surface area (Å²) >= 11 is 0. The third-order valence-electron chi connectivity index (χ3n) is 11.3. The SMILES string of the molecule is CC(C)(C)OC(=O)CN1CCC(Cc2ccc(C(=O)O)cn2)CCN(CC(=O)OC(C)(C)C)CC1.COC(=O)c1ccc(CC2CCN(CC(=O)OC(C)(C)C)CCN(CC(=O)OC(C)(C)C)CC2)nc1.[Na+].[OH-]. The zero-order chi connectivity index (χ0) is 53.2. The summed E-state index contributed by atoms with van der Waals surface area (Å²) in [6.07, 6.45) is 7.82. The number of carbonyl (C=O) groups is 6. The van der Waals surface area contributed by atoms with Crippen molar-refractivity contribution in [3.63, 3.8) is 0 Å². The number of pyridine rings is 2. The minimum absolute atomic E-state index is 0. The van der Waals surface area contributed by atoms with Crippen LogP contribution in [0.4, 0.5) is 0 Å². The number of aromatic nitrogens is 2. The first-order valence-corrected chi connectivity index (χ1v) is 24.9. The number of ether oxygens (including phenoxy) is 5. The molecule has 0 spiro atoms. The second-order valence-electron chi connectivity index (χ2n) is 22.6. The van der Waals surface area contributed by atoms with Crippen LogP contribution in [-0.2, 0) is 55.7 Å². The van der Waals surface area contributed by atoms with Crippen molar-refractivity contribution in [2.24, 2.45) is 11.8 Å². The van der Waals surface area contributed by atoms with Crippen LogP contribution in [0.2, 0.25) is 0 Å². The third kappa shape index (κ3) is 29.6. The number of carboxylic acid groups (broad SMARTS) is 1. The molecule has 406 valence electrons. The molecule has 2 aliphatic rings. The van der Waals surface area contributed by atoms with Crippen molar-refractivity contribution >= 4 is 35.8 Å². The monoisotopic (exact) mass is 1040 g/mol. The van der Waals surface area contributed by atoms with E-state index in [4.69, 9.17) is 28.8 Å². The maximum Gasteiger partial charge on any atom is 1.00 e. The van der Waals surface area contributed by atoms with Gasteiger partial charge in [0.2, 0.25) is 0 Å². The number of esters is 5. The van der Waals surface area contributed by atoms with Crippen molar-refractivity contribution < 1.29 is 92.6 Å². The Labute approximate surface area is 456 Å². The van der Waals surface area contributed by atoms with Gasteiger partial charge in [0.05, 0.1) is 44.4 Å². The average molecular weight is 1040 g/mol. The average Bonchev–Trinajstić information content (AvgIpc) is 3.37. The first-order chi connectivity index (χ1) is 32.9. The summed E-state index contributed by atoms with van der Waals surface area (Å²) in [6.45, 7) is 28.6. The topological polar surface area (TPSA) is 238 Å². The van der Waals surface area contributed by atoms with Crippen LogP contribution in [0.15, 0.2) is 36.7 Å². The molecule has 2 aromatic heterocycles. The van der Waals surface area contributed by atoms with Crippen molar-refractivity contribution in [3.05, 3.63) is 59.2 Å². The molecule has 0 unspecified atom stereocenters. The van der Waals surface area contributed by atoms with Crippen molar-refractivity contribution in [2.45, 2.75) is 144 Å². The Hall–Kier alpha value is -4.08. The van der Waals surface area contributed by atoms with E-state index in [-0.39, 0.29) is 96.6 Å². The Morgan fingerprint density at radius 3 is 0.986 bits per heavy atom. The molecule has 2 N–H and O–H groups in total. The summed E-state index contributed by atoms with van der Waals surface area (Å²) in [7, 11) is 1.35. The molecular formula is C53H85N6NaO13. The number of carbonyl (C=O) groups excluding carboxylic acids is 5. The molecule has 2 aromatic rings. The van der Waals surface area contributed by atoms with E-state index in [0.717, 1.165) is 69.7 Å². The van der Waals surface area contributed by atoms with E-state index in [2.05, 4.69) is 29.6 Å². The first kappa shape index (κ1) is 66.9. The Kier molecular flexibility index (Phi) is 28.5. The molecule has 0 amide bonds. The van der Waals surface area contributed by atoms with Crippen LogP contribution in [0.1, 0.15) is 141 Å². The van der Waals surface area contributed by atoms with Crippen molar-refractivity contribution in [3.8, 4) is 0 Å². The van der Waals surface area contributed by atoms with Crippen molar-refractivity contribution in [1.29, 1.82) is 0 Å². The van der Waals surface area contributed by atoms with Crippen LogP contribution >= 0.6 is 0 Å². The molecule has 2 saturated heterocycles. The fraction of sp³-hybridized carbons (Fsp3) is 0.698. The Morgan fingerprint density at radius 2 is 0.767 bits per heavy atom. The van der Waals surface area contributed by atoms with Crippen LogP contribution in [0, 0.1) is 11.8 Å². The number of aromatic carboxylic acids is 1. The summed E-state index contributed by atoms with van der Waals surface area (Å²) < 4.78 is 26.9. The van der Waals surface area contributed by atoms with Gasteiger partial charge in [-0.15, -0.1) is 0 Å². The second-order valence-corrected chi connectivity index (χ2v) is 22.6. The molecule has 2 fully saturated rings. The second kappa shape index (κ2) is 31.1. The van der Waals surface area contributed by atoms with E-state index in [9.17, 15) is 28.8 Å². The van der Waals surface area contributed by atoms with Gasteiger partial charge in [-0.1, -0.05) is 0 Å². The zero-order valence-electron chi connectivity index (χ0n) is 46.4. The number of hydrogen-bond acceptors (Lipinski definition) is 18. The molecule has 0 aliphatic carbocycles. The summed E-state index contributed by atoms with van der Waals surface area (Å²) in [6, 6.07) is 6.92. The fourth-order valence-electron chi connectivity index (χ4n) is 8.08. The van der Waals surface area contributed by atoms with E-state index in [1.165, 1.54) is 13.3 Å². The molecule has 19 nitrogen and oxygen atoms in total. The predicted octanol–water partition coefficient (Wildman–Crippen LogP) is 2.96. The zero-order valence-corrected chi connectivity index (χ0v) is 48.4. The van der Waals surface area contributed by atoms with Gasteiger partial charge < -0.3 is 34.3 Å². The predicted molar refractivity (Wildman–Crippen MR) is 271 cm³/mol. The van der Waals surface area contributed by atoms with Gasteiger partial charge in [0, 0.05) is 50.0 Å². The van der Waals surface area contributed by atoms with Crippen LogP contribution in [0.25, 0.3) is 0 Å². The van der Waals surface area contributed by atoms with E-state index in [0.29, 0.717) is 44.1 Å². The molecule has 0 bridgehead atoms. The smallest absolute Gasteiger partial charge is 0.870 e. The third-order valence-corrected chi connectivity index (χ3v) is 11.3. The molecule has 0 saturated carbocycles. The number of rotatable bonds is 14. The normalized spacial score (nSPS) is 16.6. The Morgan fingerprint density at radius 1 is 0.493 bits per heavy atom. The van der Waals surface area contributed by atoms with Crippen LogP contribution in [0.3, 0.4) is 0 Å². The number of carboxylic acids is 1. The largest absolute Gasteiger partial charge is 1.00 e. The molecule has 73 heavy (non-hydrogen) atoms. The van der Waals surface area contributed by atoms with Crippen LogP contribution < -0.4 is 29.6 Å². The summed E-state index contributed by atoms with van der Waals surface area (Å²) in [5.74, 6) is -1.89. The number of methoxy groups -OCH3 is 1. The van der Waals surface area contributed by atoms with E-state index < -0.39 is 34.3 Å². The van der Waals surface area contributed by atoms with Crippen molar-refractivity contribution in [2.75, 3.05) is 85.6 Å². The van der Waals surface area contributed by atoms with Gasteiger partial charge in [-0.2, -0.15) is 0 Å². The Balaban J connectivity index is 0.000000711. The van der Waals surface area contributed by atoms with Gasteiger partial charge >= 0.3 is 65.4 Å². The molecule has 4 rings (SSSR count). The van der Waals surface area contributed by atoms with Crippen LogP contribution in [0.5, 0.6) is 0 Å². The summed E-state index contributed by atoms with van der Waals surface area (Å²) in [5, 5.41) is 9.11. The molecular weight excluding hydrogens is 952 g/mol. The van der Waals surface area contributed by atoms with E-state index in [1.54, 1.807) is 24.4 Å². The van der Waals surface area contributed by atoms with Gasteiger partial charge in [0.25, 0.3) is 0 Å². The van der Waals surface area contributed by atoms with Gasteiger partial charge in [-0.25, -0.2) is 9.59 Å². The van der Waals surface area contributed by atoms with E-state index >= 15 is 0 Å². The first-order valence-electron chi connectivity index (χ1n) is 24.9. The number of nitrogens with zero attached hydrogens (tertiary/aromatic N) is 6. The quantitative estimate of drug-likeness (QED) is 0.163. The molecule has 0 aromatic carbocycles.